The van der Waals surface area contributed by atoms with Crippen LogP contribution in [0, 0.1) is 5.82 Å². The molecule has 1 heterocycles. The number of pyridine rings is 1. The van der Waals surface area contributed by atoms with Crippen molar-refractivity contribution < 1.29 is 23.5 Å². The normalized spacial score (nSPS) is 10.1. The number of ether oxygens (including phenoxy) is 2. The Hall–Kier alpha value is -3.13. The number of methoxy groups -OCH3 is 1. The van der Waals surface area contributed by atoms with Crippen molar-refractivity contribution in [3.8, 4) is 11.5 Å². The molecule has 0 saturated carbocycles. The molecule has 0 bridgehead atoms. The smallest absolute Gasteiger partial charge is 0.262 e. The fraction of sp³-hybridized carbons (Fsp3) is 0.211. The van der Waals surface area contributed by atoms with Gasteiger partial charge in [0, 0.05) is 18.2 Å². The van der Waals surface area contributed by atoms with Crippen LogP contribution in [0.1, 0.15) is 12.8 Å². The molecule has 0 radical (unpaired) electrons. The molecule has 0 saturated heterocycles. The summed E-state index contributed by atoms with van der Waals surface area (Å²) in [4.78, 5) is 27.8. The van der Waals surface area contributed by atoms with Crippen LogP contribution in [0.4, 0.5) is 10.2 Å². The summed E-state index contributed by atoms with van der Waals surface area (Å²) in [6, 6.07) is 7.16. The van der Waals surface area contributed by atoms with E-state index in [4.69, 9.17) is 21.1 Å². The second-order valence-corrected chi connectivity index (χ2v) is 6.05. The van der Waals surface area contributed by atoms with Crippen molar-refractivity contribution in [3.63, 3.8) is 0 Å². The van der Waals surface area contributed by atoms with E-state index in [0.717, 1.165) is 6.07 Å². The number of aromatic nitrogens is 1. The number of amides is 2. The lowest BCUT2D eigenvalue weighted by Gasteiger charge is -2.10. The first-order chi connectivity index (χ1) is 13.4. The molecule has 0 aliphatic heterocycles. The lowest BCUT2D eigenvalue weighted by atomic mass is 10.2. The predicted molar refractivity (Wildman–Crippen MR) is 103 cm³/mol. The van der Waals surface area contributed by atoms with Crippen LogP contribution < -0.4 is 20.1 Å². The van der Waals surface area contributed by atoms with Gasteiger partial charge in [-0.1, -0.05) is 18.2 Å². The van der Waals surface area contributed by atoms with Gasteiger partial charge in [0.15, 0.2) is 6.61 Å². The maximum Gasteiger partial charge on any atom is 0.262 e. The topological polar surface area (TPSA) is 89.5 Å². The van der Waals surface area contributed by atoms with Crippen LogP contribution in [0.5, 0.6) is 11.5 Å². The van der Waals surface area contributed by atoms with E-state index >= 15 is 0 Å². The van der Waals surface area contributed by atoms with E-state index in [1.54, 1.807) is 12.1 Å². The minimum atomic E-state index is -0.638. The summed E-state index contributed by atoms with van der Waals surface area (Å²) < 4.78 is 23.5. The Bertz CT molecular complexity index is 859. The molecular formula is C19H19ClFN3O4. The lowest BCUT2D eigenvalue weighted by Crippen LogP contribution is -2.28. The van der Waals surface area contributed by atoms with E-state index in [2.05, 4.69) is 22.2 Å². The molecule has 28 heavy (non-hydrogen) atoms. The van der Waals surface area contributed by atoms with E-state index in [0.29, 0.717) is 17.3 Å². The highest BCUT2D eigenvalue weighted by molar-refractivity contribution is 6.30. The quantitative estimate of drug-likeness (QED) is 0.665. The summed E-state index contributed by atoms with van der Waals surface area (Å²) in [5, 5.41) is 5.11. The van der Waals surface area contributed by atoms with Gasteiger partial charge in [-0.2, -0.15) is 0 Å². The first-order valence-corrected chi connectivity index (χ1v) is 8.60. The van der Waals surface area contributed by atoms with Crippen LogP contribution in [-0.2, 0) is 9.59 Å². The van der Waals surface area contributed by atoms with Crippen molar-refractivity contribution in [1.82, 2.24) is 10.3 Å². The van der Waals surface area contributed by atoms with Crippen molar-refractivity contribution in [2.45, 2.75) is 12.8 Å². The van der Waals surface area contributed by atoms with Gasteiger partial charge in [0.25, 0.3) is 5.91 Å². The van der Waals surface area contributed by atoms with E-state index < -0.39 is 11.7 Å². The highest BCUT2D eigenvalue weighted by atomic mass is 35.5. The fourth-order valence-corrected chi connectivity index (χ4v) is 2.17. The monoisotopic (exact) mass is 407 g/mol. The Morgan fingerprint density at radius 1 is 1.18 bits per heavy atom. The molecule has 0 aliphatic carbocycles. The number of anilines is 1. The van der Waals surface area contributed by atoms with E-state index in [1.807, 2.05) is 0 Å². The van der Waals surface area contributed by atoms with Crippen molar-refractivity contribution >= 4 is 29.2 Å². The summed E-state index contributed by atoms with van der Waals surface area (Å²) in [5.74, 6) is -0.240. The van der Waals surface area contributed by atoms with Crippen molar-refractivity contribution in [1.29, 1.82) is 0 Å². The molecule has 0 atom stereocenters. The summed E-state index contributed by atoms with van der Waals surface area (Å²) in [6.07, 6.45) is 1.83. The third-order valence-electron chi connectivity index (χ3n) is 3.47. The zero-order chi connectivity index (χ0) is 20.5. The van der Waals surface area contributed by atoms with E-state index in [-0.39, 0.29) is 36.1 Å². The van der Waals surface area contributed by atoms with Gasteiger partial charge in [-0.15, -0.1) is 0 Å². The number of allylic oxidation sites excluding steroid dienone is 1. The highest BCUT2D eigenvalue weighted by Crippen LogP contribution is 2.20. The molecule has 0 aliphatic rings. The molecular weight excluding hydrogens is 389 g/mol. The van der Waals surface area contributed by atoms with Crippen LogP contribution in [-0.4, -0.2) is 30.5 Å². The first-order valence-electron chi connectivity index (χ1n) is 8.22. The Balaban J connectivity index is 1.69. The molecule has 1 aromatic carbocycles. The molecule has 2 aromatic rings. The van der Waals surface area contributed by atoms with Crippen molar-refractivity contribution in [3.05, 3.63) is 59.6 Å². The number of nitrogens with zero attached hydrogens (tertiary/aromatic N) is 1. The largest absolute Gasteiger partial charge is 0.495 e. The Morgan fingerprint density at radius 2 is 1.93 bits per heavy atom. The van der Waals surface area contributed by atoms with Gasteiger partial charge in [0.1, 0.15) is 23.1 Å². The van der Waals surface area contributed by atoms with Crippen LogP contribution in [0.2, 0.25) is 5.02 Å². The van der Waals surface area contributed by atoms with Gasteiger partial charge in [-0.3, -0.25) is 9.59 Å². The summed E-state index contributed by atoms with van der Waals surface area (Å²) in [7, 11) is 1.52. The second kappa shape index (κ2) is 10.3. The maximum absolute atomic E-state index is 13.3. The minimum Gasteiger partial charge on any atom is -0.495 e. The lowest BCUT2D eigenvalue weighted by molar-refractivity contribution is -0.122. The minimum absolute atomic E-state index is 0.0340. The number of halogens is 2. The highest BCUT2D eigenvalue weighted by Gasteiger charge is 2.09. The Morgan fingerprint density at radius 3 is 2.57 bits per heavy atom. The number of hydrogen-bond donors (Lipinski definition) is 2. The number of benzene rings is 1. The average molecular weight is 408 g/mol. The number of rotatable bonds is 9. The van der Waals surface area contributed by atoms with Crippen molar-refractivity contribution in [2.75, 3.05) is 19.0 Å². The molecule has 2 N–H and O–H groups in total. The van der Waals surface area contributed by atoms with Gasteiger partial charge in [-0.05, 0) is 30.7 Å². The second-order valence-electron chi connectivity index (χ2n) is 5.65. The molecule has 9 heteroatoms. The van der Waals surface area contributed by atoms with Crippen LogP contribution >= 0.6 is 11.6 Å². The zero-order valence-corrected chi connectivity index (χ0v) is 15.9. The van der Waals surface area contributed by atoms with Gasteiger partial charge < -0.3 is 20.1 Å². The van der Waals surface area contributed by atoms with Crippen LogP contribution in [0.25, 0.3) is 0 Å². The molecule has 1 aromatic heterocycles. The third kappa shape index (κ3) is 6.88. The average Bonchev–Trinajstić information content (AvgIpc) is 2.68. The molecule has 7 nitrogen and oxygen atoms in total. The summed E-state index contributed by atoms with van der Waals surface area (Å²) >= 11 is 5.57. The van der Waals surface area contributed by atoms with Gasteiger partial charge in [0.2, 0.25) is 5.91 Å². The summed E-state index contributed by atoms with van der Waals surface area (Å²) in [5.41, 5.74) is 0.355. The molecule has 148 valence electrons. The van der Waals surface area contributed by atoms with Gasteiger partial charge in [-0.25, -0.2) is 9.37 Å². The van der Waals surface area contributed by atoms with E-state index in [1.165, 1.54) is 25.4 Å². The molecule has 0 fully saturated rings. The molecule has 0 spiro atoms. The van der Waals surface area contributed by atoms with Gasteiger partial charge >= 0.3 is 0 Å². The zero-order valence-electron chi connectivity index (χ0n) is 15.1. The number of carbonyl (C=O) groups is 2. The molecule has 2 amide bonds. The predicted octanol–water partition coefficient (Wildman–Crippen LogP) is 3.31. The van der Waals surface area contributed by atoms with Gasteiger partial charge in [0.05, 0.1) is 18.3 Å². The number of nitrogens with one attached hydrogen (secondary N) is 2. The third-order valence-corrected chi connectivity index (χ3v) is 3.78. The SMILES string of the molecule is C=C(CCC(=O)Nc1ccc(OC)cn1)NC(=O)COc1ccc(Cl)c(F)c1. The fourth-order valence-electron chi connectivity index (χ4n) is 2.06. The molecule has 0 unspecified atom stereocenters. The number of hydrogen-bond acceptors (Lipinski definition) is 5. The standard InChI is InChI=1S/C19H19ClFN3O4/c1-12(3-8-18(25)24-17-7-5-14(27-2)10-22-17)23-19(26)11-28-13-4-6-15(20)16(21)9-13/h4-7,9-10H,1,3,8,11H2,2H3,(H,23,26)(H,22,24,25). The van der Waals surface area contributed by atoms with E-state index in [9.17, 15) is 14.0 Å². The van der Waals surface area contributed by atoms with Crippen molar-refractivity contribution in [2.24, 2.45) is 0 Å². The van der Waals surface area contributed by atoms with Crippen LogP contribution in [0.3, 0.4) is 0 Å². The molecule has 2 rings (SSSR count). The summed E-state index contributed by atoms with van der Waals surface area (Å²) in [6.45, 7) is 3.37. The Labute approximate surface area is 166 Å². The maximum atomic E-state index is 13.3. The Kier molecular flexibility index (Phi) is 7.76. The van der Waals surface area contributed by atoms with Crippen LogP contribution in [0.15, 0.2) is 48.8 Å². The first kappa shape index (κ1) is 21.2. The number of carbonyl (C=O) groups excluding carboxylic acids is 2.